The Bertz CT molecular complexity index is 227. The molecular weight excluding hydrogens is 222 g/mol. The van der Waals surface area contributed by atoms with Crippen LogP contribution in [0.5, 0.6) is 0 Å². The van der Waals surface area contributed by atoms with Crippen molar-refractivity contribution >= 4 is 0 Å². The van der Waals surface area contributed by atoms with Crippen LogP contribution in [0.15, 0.2) is 30.3 Å². The van der Waals surface area contributed by atoms with E-state index in [1.165, 1.54) is 18.4 Å². The first-order valence-electron chi connectivity index (χ1n) is 7.14. The molecule has 0 saturated carbocycles. The van der Waals surface area contributed by atoms with Crippen molar-refractivity contribution in [1.29, 1.82) is 0 Å². The summed E-state index contributed by atoms with van der Waals surface area (Å²) in [6, 6.07) is 10.6. The number of aliphatic hydroxyl groups excluding tert-OH is 1. The van der Waals surface area contributed by atoms with Crippen molar-refractivity contribution in [3.8, 4) is 0 Å². The molecule has 0 atom stereocenters. The van der Waals surface area contributed by atoms with Crippen molar-refractivity contribution in [2.75, 3.05) is 20.2 Å². The van der Waals surface area contributed by atoms with Crippen molar-refractivity contribution in [2.24, 2.45) is 0 Å². The normalized spacial score (nSPS) is 8.72. The average Bonchev–Trinajstić information content (AvgIpc) is 2.44. The Hall–Kier alpha value is -0.860. The van der Waals surface area contributed by atoms with Crippen LogP contribution >= 0.6 is 0 Å². The van der Waals surface area contributed by atoms with E-state index >= 15 is 0 Å². The zero-order valence-corrected chi connectivity index (χ0v) is 12.6. The lowest BCUT2D eigenvalue weighted by Crippen LogP contribution is -2.08. The van der Waals surface area contributed by atoms with Gasteiger partial charge in [0.1, 0.15) is 0 Å². The third-order valence-corrected chi connectivity index (χ3v) is 2.25. The number of rotatable bonds is 6. The minimum atomic E-state index is 0. The van der Waals surface area contributed by atoms with Gasteiger partial charge in [-0.2, -0.15) is 0 Å². The first kappa shape index (κ1) is 19.5. The lowest BCUT2D eigenvalue weighted by molar-refractivity contribution is 0.287. The second kappa shape index (κ2) is 18.5. The van der Waals surface area contributed by atoms with Gasteiger partial charge in [-0.25, -0.2) is 0 Å². The Balaban J connectivity index is -0.000000275. The van der Waals surface area contributed by atoms with Crippen LogP contribution in [0.25, 0.3) is 0 Å². The van der Waals surface area contributed by atoms with E-state index < -0.39 is 0 Å². The molecule has 0 aromatic heterocycles. The molecule has 18 heavy (non-hydrogen) atoms. The van der Waals surface area contributed by atoms with Gasteiger partial charge < -0.3 is 10.4 Å². The molecule has 0 aliphatic heterocycles. The van der Waals surface area contributed by atoms with Crippen molar-refractivity contribution in [2.45, 2.75) is 46.5 Å². The summed E-state index contributed by atoms with van der Waals surface area (Å²) in [7, 11) is 1.99. The van der Waals surface area contributed by atoms with Gasteiger partial charge in [-0.15, -0.1) is 0 Å². The molecule has 0 amide bonds. The third-order valence-electron chi connectivity index (χ3n) is 2.25. The Morgan fingerprint density at radius 3 is 2.11 bits per heavy atom. The van der Waals surface area contributed by atoms with E-state index in [1.54, 1.807) is 0 Å². The fourth-order valence-corrected chi connectivity index (χ4v) is 1.27. The van der Waals surface area contributed by atoms with Gasteiger partial charge in [-0.05, 0) is 38.4 Å². The SMILES string of the molecule is CC.CCCCO.CNCCCc1ccccc1.[HH]. The van der Waals surface area contributed by atoms with E-state index in [2.05, 4.69) is 42.6 Å². The van der Waals surface area contributed by atoms with Crippen molar-refractivity contribution in [3.05, 3.63) is 35.9 Å². The molecule has 0 fully saturated rings. The van der Waals surface area contributed by atoms with Crippen LogP contribution in [0.1, 0.15) is 47.0 Å². The molecule has 0 spiro atoms. The van der Waals surface area contributed by atoms with E-state index in [9.17, 15) is 0 Å². The minimum absolute atomic E-state index is 0. The Kier molecular flexibility index (Phi) is 20.0. The summed E-state index contributed by atoms with van der Waals surface area (Å²) in [5.74, 6) is 0. The second-order valence-electron chi connectivity index (χ2n) is 3.77. The van der Waals surface area contributed by atoms with Crippen LogP contribution < -0.4 is 5.32 Å². The zero-order valence-electron chi connectivity index (χ0n) is 12.6. The highest BCUT2D eigenvalue weighted by molar-refractivity contribution is 5.14. The summed E-state index contributed by atoms with van der Waals surface area (Å²) in [6.45, 7) is 7.50. The lowest BCUT2D eigenvalue weighted by atomic mass is 10.1. The van der Waals surface area contributed by atoms with Gasteiger partial charge >= 0.3 is 0 Å². The van der Waals surface area contributed by atoms with Crippen molar-refractivity contribution in [1.82, 2.24) is 5.32 Å². The summed E-state index contributed by atoms with van der Waals surface area (Å²) in [5, 5.41) is 11.2. The van der Waals surface area contributed by atoms with E-state index in [1.807, 2.05) is 20.9 Å². The summed E-state index contributed by atoms with van der Waals surface area (Å²) in [5.41, 5.74) is 1.43. The van der Waals surface area contributed by atoms with Crippen LogP contribution in [-0.4, -0.2) is 25.3 Å². The molecule has 0 heterocycles. The van der Waals surface area contributed by atoms with Crippen LogP contribution in [0.4, 0.5) is 0 Å². The quantitative estimate of drug-likeness (QED) is 0.756. The molecule has 1 aromatic carbocycles. The molecule has 0 unspecified atom stereocenters. The molecule has 2 nitrogen and oxygen atoms in total. The van der Waals surface area contributed by atoms with Gasteiger partial charge in [0.25, 0.3) is 0 Å². The Morgan fingerprint density at radius 1 is 1.11 bits per heavy atom. The topological polar surface area (TPSA) is 32.3 Å². The third kappa shape index (κ3) is 15.1. The molecule has 2 heteroatoms. The molecule has 0 aliphatic rings. The smallest absolute Gasteiger partial charge is 0.0430 e. The molecule has 108 valence electrons. The van der Waals surface area contributed by atoms with E-state index in [0.29, 0.717) is 6.61 Å². The number of benzene rings is 1. The first-order valence-corrected chi connectivity index (χ1v) is 7.14. The number of hydrogen-bond donors (Lipinski definition) is 2. The van der Waals surface area contributed by atoms with E-state index in [4.69, 9.17) is 5.11 Å². The second-order valence-corrected chi connectivity index (χ2v) is 3.77. The van der Waals surface area contributed by atoms with Crippen LogP contribution in [0.3, 0.4) is 0 Å². The molecule has 0 bridgehead atoms. The molecule has 1 aromatic rings. The highest BCUT2D eigenvalue weighted by Crippen LogP contribution is 2.00. The molecule has 0 aliphatic carbocycles. The highest BCUT2D eigenvalue weighted by Gasteiger charge is 1.88. The molecule has 0 radical (unpaired) electrons. The largest absolute Gasteiger partial charge is 0.396 e. The predicted octanol–water partition coefficient (Wildman–Crippen LogP) is 3.89. The van der Waals surface area contributed by atoms with Crippen molar-refractivity contribution < 1.29 is 6.53 Å². The highest BCUT2D eigenvalue weighted by atomic mass is 16.2. The lowest BCUT2D eigenvalue weighted by Gasteiger charge is -1.99. The fraction of sp³-hybridized carbons (Fsp3) is 0.625. The summed E-state index contributed by atoms with van der Waals surface area (Å²) in [4.78, 5) is 0. The van der Waals surface area contributed by atoms with Gasteiger partial charge in [0, 0.05) is 8.03 Å². The van der Waals surface area contributed by atoms with Crippen molar-refractivity contribution in [3.63, 3.8) is 0 Å². The number of hydrogen-bond acceptors (Lipinski definition) is 2. The molecule has 2 N–H and O–H groups in total. The van der Waals surface area contributed by atoms with Crippen LogP contribution in [0.2, 0.25) is 0 Å². The first-order chi connectivity index (χ1) is 8.85. The number of aryl methyl sites for hydroxylation is 1. The van der Waals surface area contributed by atoms with Gasteiger partial charge in [0.15, 0.2) is 0 Å². The monoisotopic (exact) mass is 255 g/mol. The summed E-state index contributed by atoms with van der Waals surface area (Å²) >= 11 is 0. The average molecular weight is 255 g/mol. The van der Waals surface area contributed by atoms with Gasteiger partial charge in [-0.3, -0.25) is 0 Å². The summed E-state index contributed by atoms with van der Waals surface area (Å²) < 4.78 is 0. The minimum Gasteiger partial charge on any atom is -0.396 e. The molecule has 0 saturated heterocycles. The number of nitrogens with one attached hydrogen (secondary N) is 1. The van der Waals surface area contributed by atoms with Crippen LogP contribution in [0, 0.1) is 0 Å². The van der Waals surface area contributed by atoms with Gasteiger partial charge in [-0.1, -0.05) is 57.5 Å². The van der Waals surface area contributed by atoms with E-state index in [-0.39, 0.29) is 1.43 Å². The van der Waals surface area contributed by atoms with E-state index in [0.717, 1.165) is 19.4 Å². The maximum Gasteiger partial charge on any atom is 0.0430 e. The number of aliphatic hydroxyl groups is 1. The van der Waals surface area contributed by atoms with Crippen LogP contribution in [-0.2, 0) is 6.42 Å². The Morgan fingerprint density at radius 2 is 1.72 bits per heavy atom. The predicted molar refractivity (Wildman–Crippen MR) is 84.1 cm³/mol. The summed E-state index contributed by atoms with van der Waals surface area (Å²) in [6.07, 6.45) is 4.44. The van der Waals surface area contributed by atoms with Gasteiger partial charge in [0.2, 0.25) is 0 Å². The number of unbranched alkanes of at least 4 members (excludes halogenated alkanes) is 1. The molecule has 1 rings (SSSR count). The fourth-order valence-electron chi connectivity index (χ4n) is 1.27. The maximum atomic E-state index is 8.07. The maximum absolute atomic E-state index is 8.07. The Labute approximate surface area is 115 Å². The van der Waals surface area contributed by atoms with Gasteiger partial charge in [0.05, 0.1) is 0 Å². The molecular formula is C16H33NO. The zero-order chi connectivity index (χ0) is 14.1. The standard InChI is InChI=1S/C10H15N.C4H10O.C2H6.H2/c1-11-9-5-8-10-6-3-2-4-7-10;1-2-3-4-5;1-2;/h2-4,6-7,11H,5,8-9H2,1H3;5H,2-4H2,1H3;1-2H3;1H.